The van der Waals surface area contributed by atoms with Gasteiger partial charge in [-0.1, -0.05) is 12.1 Å². The minimum atomic E-state index is 0.0623. The first-order valence-corrected chi connectivity index (χ1v) is 6.81. The summed E-state index contributed by atoms with van der Waals surface area (Å²) >= 11 is 6.45. The second-order valence-electron chi connectivity index (χ2n) is 2.86. The monoisotopic (exact) mass is 298 g/mol. The highest BCUT2D eigenvalue weighted by Gasteiger charge is 2.01. The number of hydrogen-bond donors (Lipinski definition) is 0. The molecule has 15 heavy (non-hydrogen) atoms. The van der Waals surface area contributed by atoms with E-state index in [0.29, 0.717) is 0 Å². The summed E-state index contributed by atoms with van der Waals surface area (Å²) in [6.45, 7) is 0. The molecule has 0 atom stereocenters. The van der Waals surface area contributed by atoms with E-state index in [2.05, 4.69) is 15.9 Å². The average molecular weight is 299 g/mol. The van der Waals surface area contributed by atoms with Crippen LogP contribution in [0.2, 0.25) is 0 Å². The molecule has 0 unspecified atom stereocenters. The molecule has 0 bridgehead atoms. The third kappa shape index (κ3) is 2.87. The molecule has 0 N–H and O–H groups in total. The quantitative estimate of drug-likeness (QED) is 0.604. The molecular weight excluding hydrogens is 292 g/mol. The molecule has 76 valence electrons. The number of carbonyl (C=O) groups excluding carboxylic acids is 1. The summed E-state index contributed by atoms with van der Waals surface area (Å²) in [6, 6.07) is 5.71. The number of rotatable bonds is 3. The van der Waals surface area contributed by atoms with Crippen LogP contribution in [-0.2, 0) is 0 Å². The van der Waals surface area contributed by atoms with Crippen LogP contribution in [0.5, 0.6) is 0 Å². The highest BCUT2D eigenvalue weighted by Crippen LogP contribution is 2.21. The molecule has 0 fully saturated rings. The van der Waals surface area contributed by atoms with Gasteiger partial charge < -0.3 is 0 Å². The lowest BCUT2D eigenvalue weighted by Crippen LogP contribution is -1.87. The van der Waals surface area contributed by atoms with Gasteiger partial charge >= 0.3 is 0 Å². The average Bonchev–Trinajstić information content (AvgIpc) is 2.84. The van der Waals surface area contributed by atoms with Gasteiger partial charge in [0.2, 0.25) is 0 Å². The summed E-state index contributed by atoms with van der Waals surface area (Å²) in [7, 11) is 0. The zero-order valence-electron chi connectivity index (χ0n) is 7.64. The molecule has 0 aliphatic heterocycles. The highest BCUT2D eigenvalue weighted by molar-refractivity contribution is 9.11. The van der Waals surface area contributed by atoms with Crippen molar-refractivity contribution < 1.29 is 4.79 Å². The second-order valence-corrected chi connectivity index (χ2v) is 6.10. The molecule has 0 aliphatic carbocycles. The van der Waals surface area contributed by atoms with Crippen molar-refractivity contribution in [3.63, 3.8) is 0 Å². The molecule has 0 radical (unpaired) electrons. The fourth-order valence-corrected chi connectivity index (χ4v) is 2.87. The van der Waals surface area contributed by atoms with Crippen LogP contribution < -0.4 is 0 Å². The molecule has 0 saturated heterocycles. The van der Waals surface area contributed by atoms with Gasteiger partial charge in [0.15, 0.2) is 5.78 Å². The van der Waals surface area contributed by atoms with Crippen LogP contribution in [0.3, 0.4) is 0 Å². The third-order valence-corrected chi connectivity index (χ3v) is 4.19. The molecule has 4 heteroatoms. The maximum Gasteiger partial charge on any atom is 0.195 e. The summed E-state index contributed by atoms with van der Waals surface area (Å²) in [5.74, 6) is 0.0623. The van der Waals surface area contributed by atoms with Crippen LogP contribution in [0.1, 0.15) is 15.2 Å². The number of hydrogen-bond acceptors (Lipinski definition) is 3. The second kappa shape index (κ2) is 4.88. The van der Waals surface area contributed by atoms with E-state index in [1.807, 2.05) is 35.0 Å². The Kier molecular flexibility index (Phi) is 3.51. The van der Waals surface area contributed by atoms with Gasteiger partial charge in [-0.05, 0) is 50.5 Å². The van der Waals surface area contributed by atoms with E-state index in [1.54, 1.807) is 17.4 Å². The van der Waals surface area contributed by atoms with E-state index in [1.165, 1.54) is 11.3 Å². The number of halogens is 1. The predicted octanol–water partition coefficient (Wildman–Crippen LogP) is 4.47. The zero-order valence-corrected chi connectivity index (χ0v) is 10.9. The number of carbonyl (C=O) groups is 1. The van der Waals surface area contributed by atoms with Gasteiger partial charge in [0.25, 0.3) is 0 Å². The zero-order chi connectivity index (χ0) is 10.7. The van der Waals surface area contributed by atoms with Gasteiger partial charge in [-0.3, -0.25) is 4.79 Å². The van der Waals surface area contributed by atoms with Crippen LogP contribution in [-0.4, -0.2) is 5.78 Å². The molecule has 0 spiro atoms. The predicted molar refractivity (Wildman–Crippen MR) is 69.7 cm³/mol. The lowest BCUT2D eigenvalue weighted by Gasteiger charge is -1.87. The Morgan fingerprint density at radius 3 is 2.87 bits per heavy atom. The number of allylic oxidation sites excluding steroid dienone is 1. The molecule has 0 saturated carbocycles. The minimum absolute atomic E-state index is 0.0623. The van der Waals surface area contributed by atoms with Crippen molar-refractivity contribution in [2.45, 2.75) is 0 Å². The van der Waals surface area contributed by atoms with Crippen molar-refractivity contribution in [3.8, 4) is 0 Å². The largest absolute Gasteiger partial charge is 0.288 e. The number of ketones is 1. The van der Waals surface area contributed by atoms with Gasteiger partial charge in [-0.15, -0.1) is 22.7 Å². The van der Waals surface area contributed by atoms with Crippen molar-refractivity contribution in [1.29, 1.82) is 0 Å². The van der Waals surface area contributed by atoms with Gasteiger partial charge in [0, 0.05) is 0 Å². The molecule has 2 heterocycles. The van der Waals surface area contributed by atoms with Crippen LogP contribution in [0.25, 0.3) is 6.08 Å². The topological polar surface area (TPSA) is 17.1 Å². The maximum atomic E-state index is 11.6. The first-order chi connectivity index (χ1) is 7.25. The van der Waals surface area contributed by atoms with Gasteiger partial charge in [-0.2, -0.15) is 0 Å². The molecule has 1 nitrogen and oxygen atoms in total. The summed E-state index contributed by atoms with van der Waals surface area (Å²) in [6.07, 6.45) is 3.45. The van der Waals surface area contributed by atoms with E-state index in [-0.39, 0.29) is 5.78 Å². The summed E-state index contributed by atoms with van der Waals surface area (Å²) in [4.78, 5) is 12.4. The van der Waals surface area contributed by atoms with Crippen LogP contribution in [0.4, 0.5) is 0 Å². The molecule has 2 aromatic rings. The van der Waals surface area contributed by atoms with Crippen molar-refractivity contribution >= 4 is 50.5 Å². The SMILES string of the molecule is O=C(/C=C/c1csc(Br)c1)c1cccs1. The molecule has 0 aliphatic rings. The maximum absolute atomic E-state index is 11.6. The van der Waals surface area contributed by atoms with Gasteiger partial charge in [0.05, 0.1) is 8.66 Å². The Morgan fingerprint density at radius 1 is 1.40 bits per heavy atom. The summed E-state index contributed by atoms with van der Waals surface area (Å²) in [5.41, 5.74) is 1.05. The lowest BCUT2D eigenvalue weighted by molar-refractivity contribution is 0.105. The molecule has 0 amide bonds. The lowest BCUT2D eigenvalue weighted by atomic mass is 10.2. The molecular formula is C11H7BrOS2. The Morgan fingerprint density at radius 2 is 2.27 bits per heavy atom. The van der Waals surface area contributed by atoms with E-state index >= 15 is 0 Å². The molecule has 0 aromatic carbocycles. The van der Waals surface area contributed by atoms with Crippen LogP contribution in [0, 0.1) is 0 Å². The standard InChI is InChI=1S/C11H7BrOS2/c12-11-6-8(7-15-11)3-4-9(13)10-2-1-5-14-10/h1-7H/b4-3+. The first-order valence-electron chi connectivity index (χ1n) is 4.25. The Hall–Kier alpha value is -0.710. The normalized spacial score (nSPS) is 11.0. The van der Waals surface area contributed by atoms with E-state index in [0.717, 1.165) is 14.2 Å². The third-order valence-electron chi connectivity index (χ3n) is 1.78. The Bertz CT molecular complexity index is 482. The van der Waals surface area contributed by atoms with Crippen molar-refractivity contribution in [1.82, 2.24) is 0 Å². The Labute approximate surface area is 104 Å². The highest BCUT2D eigenvalue weighted by atomic mass is 79.9. The van der Waals surface area contributed by atoms with E-state index < -0.39 is 0 Å². The van der Waals surface area contributed by atoms with Crippen LogP contribution in [0.15, 0.2) is 38.8 Å². The fraction of sp³-hybridized carbons (Fsp3) is 0. The van der Waals surface area contributed by atoms with E-state index in [4.69, 9.17) is 0 Å². The smallest absolute Gasteiger partial charge is 0.195 e. The summed E-state index contributed by atoms with van der Waals surface area (Å²) < 4.78 is 1.07. The van der Waals surface area contributed by atoms with Crippen LogP contribution >= 0.6 is 38.6 Å². The minimum Gasteiger partial charge on any atom is -0.288 e. The Balaban J connectivity index is 2.09. The summed E-state index contributed by atoms with van der Waals surface area (Å²) in [5, 5.41) is 3.91. The van der Waals surface area contributed by atoms with Crippen molar-refractivity contribution in [3.05, 3.63) is 49.3 Å². The van der Waals surface area contributed by atoms with E-state index in [9.17, 15) is 4.79 Å². The van der Waals surface area contributed by atoms with Gasteiger partial charge in [-0.25, -0.2) is 0 Å². The van der Waals surface area contributed by atoms with Gasteiger partial charge in [0.1, 0.15) is 0 Å². The molecule has 2 aromatic heterocycles. The first kappa shape index (κ1) is 10.8. The van der Waals surface area contributed by atoms with Crippen molar-refractivity contribution in [2.24, 2.45) is 0 Å². The van der Waals surface area contributed by atoms with Crippen molar-refractivity contribution in [2.75, 3.05) is 0 Å². The molecule has 2 rings (SSSR count). The number of thiophene rings is 2. The fourth-order valence-electron chi connectivity index (χ4n) is 1.08.